The van der Waals surface area contributed by atoms with Crippen molar-refractivity contribution < 1.29 is 4.79 Å². The SMILES string of the molecule is CC(=O)N(c1ccc(C(C)C)cc1)C1CSC(=NC2CCCCCC2)N1C. The van der Waals surface area contributed by atoms with Crippen molar-refractivity contribution in [3.8, 4) is 0 Å². The van der Waals surface area contributed by atoms with E-state index in [1.807, 2.05) is 4.90 Å². The van der Waals surface area contributed by atoms with Crippen LogP contribution in [0.25, 0.3) is 0 Å². The van der Waals surface area contributed by atoms with Gasteiger partial charge in [0.1, 0.15) is 6.17 Å². The highest BCUT2D eigenvalue weighted by atomic mass is 32.2. The number of anilines is 1. The van der Waals surface area contributed by atoms with E-state index in [9.17, 15) is 4.79 Å². The van der Waals surface area contributed by atoms with Gasteiger partial charge in [0.25, 0.3) is 0 Å². The molecule has 2 aliphatic rings. The molecule has 1 aromatic carbocycles. The number of carbonyl (C=O) groups is 1. The summed E-state index contributed by atoms with van der Waals surface area (Å²) in [6.07, 6.45) is 7.71. The van der Waals surface area contributed by atoms with Gasteiger partial charge in [-0.1, -0.05) is 63.4 Å². The fraction of sp³-hybridized carbons (Fsp3) is 0.636. The molecule has 1 atom stereocenters. The third-order valence-electron chi connectivity index (χ3n) is 5.70. The van der Waals surface area contributed by atoms with Crippen molar-refractivity contribution in [1.82, 2.24) is 4.90 Å². The summed E-state index contributed by atoms with van der Waals surface area (Å²) in [5.74, 6) is 1.45. The highest BCUT2D eigenvalue weighted by Gasteiger charge is 2.34. The molecule has 1 aromatic rings. The van der Waals surface area contributed by atoms with E-state index in [4.69, 9.17) is 4.99 Å². The van der Waals surface area contributed by atoms with Crippen LogP contribution in [-0.2, 0) is 4.79 Å². The molecule has 3 rings (SSSR count). The molecule has 0 aromatic heterocycles. The molecule has 4 nitrogen and oxygen atoms in total. The van der Waals surface area contributed by atoms with Crippen LogP contribution in [0, 0.1) is 0 Å². The Morgan fingerprint density at radius 3 is 2.33 bits per heavy atom. The van der Waals surface area contributed by atoms with Crippen molar-refractivity contribution in [2.24, 2.45) is 4.99 Å². The topological polar surface area (TPSA) is 35.9 Å². The summed E-state index contributed by atoms with van der Waals surface area (Å²) in [7, 11) is 2.08. The van der Waals surface area contributed by atoms with Gasteiger partial charge in [0.15, 0.2) is 5.17 Å². The highest BCUT2D eigenvalue weighted by Crippen LogP contribution is 2.31. The van der Waals surface area contributed by atoms with Crippen molar-refractivity contribution >= 4 is 28.5 Å². The largest absolute Gasteiger partial charge is 0.333 e. The molecule has 1 aliphatic heterocycles. The predicted molar refractivity (Wildman–Crippen MR) is 117 cm³/mol. The summed E-state index contributed by atoms with van der Waals surface area (Å²) >= 11 is 1.79. The smallest absolute Gasteiger partial charge is 0.225 e. The number of thioether (sulfide) groups is 1. The fourth-order valence-corrected chi connectivity index (χ4v) is 5.21. The van der Waals surface area contributed by atoms with E-state index < -0.39 is 0 Å². The third kappa shape index (κ3) is 4.87. The molecule has 0 N–H and O–H groups in total. The van der Waals surface area contributed by atoms with Gasteiger partial charge in [-0.3, -0.25) is 14.7 Å². The molecule has 1 saturated carbocycles. The molecule has 2 fully saturated rings. The summed E-state index contributed by atoms with van der Waals surface area (Å²) in [5.41, 5.74) is 2.27. The van der Waals surface area contributed by atoms with Crippen LogP contribution < -0.4 is 4.90 Å². The van der Waals surface area contributed by atoms with E-state index in [-0.39, 0.29) is 12.1 Å². The molecule has 1 unspecified atom stereocenters. The molecule has 1 saturated heterocycles. The Morgan fingerprint density at radius 2 is 1.78 bits per heavy atom. The van der Waals surface area contributed by atoms with E-state index in [2.05, 4.69) is 50.1 Å². The lowest BCUT2D eigenvalue weighted by Gasteiger charge is -2.33. The van der Waals surface area contributed by atoms with Gasteiger partial charge in [0.05, 0.1) is 6.04 Å². The molecule has 27 heavy (non-hydrogen) atoms. The maximum atomic E-state index is 12.5. The molecule has 0 spiro atoms. The normalized spacial score (nSPS) is 23.1. The zero-order valence-corrected chi connectivity index (χ0v) is 18.0. The van der Waals surface area contributed by atoms with E-state index in [1.54, 1.807) is 18.7 Å². The molecule has 5 heteroatoms. The Bertz CT molecular complexity index is 663. The van der Waals surface area contributed by atoms with E-state index in [1.165, 1.54) is 44.1 Å². The molecule has 1 heterocycles. The number of amidine groups is 1. The third-order valence-corrected chi connectivity index (χ3v) is 6.82. The zero-order valence-electron chi connectivity index (χ0n) is 17.1. The fourth-order valence-electron chi connectivity index (χ4n) is 3.99. The van der Waals surface area contributed by atoms with Crippen molar-refractivity contribution in [3.05, 3.63) is 29.8 Å². The molecule has 1 amide bonds. The second-order valence-corrected chi connectivity index (χ2v) is 9.08. The van der Waals surface area contributed by atoms with Crippen molar-refractivity contribution in [2.45, 2.75) is 77.4 Å². The molecule has 1 aliphatic carbocycles. The maximum Gasteiger partial charge on any atom is 0.225 e. The lowest BCUT2D eigenvalue weighted by Crippen LogP contribution is -2.48. The zero-order chi connectivity index (χ0) is 19.4. The lowest BCUT2D eigenvalue weighted by molar-refractivity contribution is -0.117. The molecule has 148 valence electrons. The number of carbonyl (C=O) groups excluding carboxylic acids is 1. The first-order valence-corrected chi connectivity index (χ1v) is 11.3. The minimum absolute atomic E-state index is 0.0296. The van der Waals surface area contributed by atoms with E-state index in [0.717, 1.165) is 16.6 Å². The number of benzene rings is 1. The van der Waals surface area contributed by atoms with Gasteiger partial charge in [0, 0.05) is 25.4 Å². The Hall–Kier alpha value is -1.49. The Labute approximate surface area is 168 Å². The molecular weight excluding hydrogens is 354 g/mol. The number of nitrogens with zero attached hydrogens (tertiary/aromatic N) is 3. The van der Waals surface area contributed by atoms with E-state index in [0.29, 0.717) is 12.0 Å². The van der Waals surface area contributed by atoms with Crippen LogP contribution in [-0.4, -0.2) is 41.0 Å². The van der Waals surface area contributed by atoms with Crippen molar-refractivity contribution in [1.29, 1.82) is 0 Å². The van der Waals surface area contributed by atoms with Gasteiger partial charge in [-0.2, -0.15) is 0 Å². The number of hydrogen-bond donors (Lipinski definition) is 0. The van der Waals surface area contributed by atoms with Crippen LogP contribution in [0.5, 0.6) is 0 Å². The standard InChI is InChI=1S/C22H33N3OS/c1-16(2)18-11-13-20(14-12-18)25(17(3)26)21-15-27-22(24(21)4)23-19-9-7-5-6-8-10-19/h11-14,16,19,21H,5-10,15H2,1-4H3. The van der Waals surface area contributed by atoms with Crippen LogP contribution in [0.2, 0.25) is 0 Å². The van der Waals surface area contributed by atoms with Gasteiger partial charge < -0.3 is 4.90 Å². The first kappa shape index (κ1) is 20.2. The second-order valence-electron chi connectivity index (χ2n) is 8.09. The summed E-state index contributed by atoms with van der Waals surface area (Å²) in [4.78, 5) is 21.7. The summed E-state index contributed by atoms with van der Waals surface area (Å²) in [5, 5.41) is 1.09. The first-order valence-electron chi connectivity index (χ1n) is 10.3. The molecule has 0 radical (unpaired) electrons. The van der Waals surface area contributed by atoms with Gasteiger partial charge in [-0.05, 0) is 36.5 Å². The van der Waals surface area contributed by atoms with Gasteiger partial charge in [0.2, 0.25) is 5.91 Å². The Morgan fingerprint density at radius 1 is 1.15 bits per heavy atom. The van der Waals surface area contributed by atoms with Crippen LogP contribution >= 0.6 is 11.8 Å². The summed E-state index contributed by atoms with van der Waals surface area (Å²) in [6.45, 7) is 6.04. The second kappa shape index (κ2) is 9.13. The van der Waals surface area contributed by atoms with Crippen LogP contribution in [0.15, 0.2) is 29.3 Å². The van der Waals surface area contributed by atoms with E-state index >= 15 is 0 Å². The van der Waals surface area contributed by atoms with Gasteiger partial charge >= 0.3 is 0 Å². The maximum absolute atomic E-state index is 12.5. The Kier molecular flexibility index (Phi) is 6.85. The van der Waals surface area contributed by atoms with Crippen LogP contribution in [0.1, 0.15) is 70.8 Å². The van der Waals surface area contributed by atoms with Crippen molar-refractivity contribution in [2.75, 3.05) is 17.7 Å². The van der Waals surface area contributed by atoms with Gasteiger partial charge in [-0.15, -0.1) is 0 Å². The summed E-state index contributed by atoms with van der Waals surface area (Å²) < 4.78 is 0. The Balaban J connectivity index is 1.77. The number of amides is 1. The minimum Gasteiger partial charge on any atom is -0.333 e. The minimum atomic E-state index is 0.0296. The number of hydrogen-bond acceptors (Lipinski definition) is 3. The summed E-state index contributed by atoms with van der Waals surface area (Å²) in [6, 6.07) is 8.88. The molecular formula is C22H33N3OS. The highest BCUT2D eigenvalue weighted by molar-refractivity contribution is 8.14. The van der Waals surface area contributed by atoms with Crippen LogP contribution in [0.3, 0.4) is 0 Å². The quantitative estimate of drug-likeness (QED) is 0.662. The number of aliphatic imine (C=N–C) groups is 1. The van der Waals surface area contributed by atoms with Crippen molar-refractivity contribution in [3.63, 3.8) is 0 Å². The monoisotopic (exact) mass is 387 g/mol. The average Bonchev–Trinajstić information content (AvgIpc) is 2.85. The lowest BCUT2D eigenvalue weighted by atomic mass is 10.0. The first-order chi connectivity index (χ1) is 13.0. The average molecular weight is 388 g/mol. The predicted octanol–water partition coefficient (Wildman–Crippen LogP) is 5.25. The van der Waals surface area contributed by atoms with Crippen LogP contribution in [0.4, 0.5) is 5.69 Å². The van der Waals surface area contributed by atoms with Gasteiger partial charge in [-0.25, -0.2) is 0 Å². The number of rotatable bonds is 4. The molecule has 0 bridgehead atoms.